The Morgan fingerprint density at radius 2 is 1.87 bits per heavy atom. The van der Waals surface area contributed by atoms with Crippen LogP contribution in [0.2, 0.25) is 0 Å². The van der Waals surface area contributed by atoms with E-state index in [1.54, 1.807) is 0 Å². The molecule has 15 heavy (non-hydrogen) atoms. The molecule has 0 saturated carbocycles. The van der Waals surface area contributed by atoms with E-state index in [9.17, 15) is 17.8 Å². The van der Waals surface area contributed by atoms with Crippen LogP contribution in [0, 0.1) is 0 Å². The van der Waals surface area contributed by atoms with Crippen LogP contribution in [0.1, 0.15) is 5.56 Å². The highest BCUT2D eigenvalue weighted by Crippen LogP contribution is 2.14. The molecule has 0 spiro atoms. The first-order valence-electron chi connectivity index (χ1n) is 4.00. The summed E-state index contributed by atoms with van der Waals surface area (Å²) in [6.07, 6.45) is -0.179. The van der Waals surface area contributed by atoms with Gasteiger partial charge in [-0.2, -0.15) is 8.78 Å². The fraction of sp³-hybridized carbons (Fsp3) is 0.222. The van der Waals surface area contributed by atoms with Gasteiger partial charge in [0.15, 0.2) is 0 Å². The van der Waals surface area contributed by atoms with Gasteiger partial charge in [0.1, 0.15) is 10.8 Å². The number of carbonyl (C=O) groups is 1. The molecule has 0 bridgehead atoms. The molecular weight excluding hydrogens is 226 g/mol. The predicted molar refractivity (Wildman–Crippen MR) is 50.2 cm³/mol. The van der Waals surface area contributed by atoms with Gasteiger partial charge in [-0.15, -0.1) is 0 Å². The summed E-state index contributed by atoms with van der Waals surface area (Å²) in [6.45, 7) is 0. The van der Waals surface area contributed by atoms with Gasteiger partial charge < -0.3 is 5.11 Å². The lowest BCUT2D eigenvalue weighted by molar-refractivity contribution is -0.136. The molecule has 1 rings (SSSR count). The van der Waals surface area contributed by atoms with E-state index in [2.05, 4.69) is 0 Å². The van der Waals surface area contributed by atoms with Gasteiger partial charge >= 0.3 is 11.7 Å². The molecular formula is C9H8F2O3S. The summed E-state index contributed by atoms with van der Waals surface area (Å²) in [5.74, 6) is -3.92. The molecule has 0 amide bonds. The molecule has 82 valence electrons. The van der Waals surface area contributed by atoms with Crippen molar-refractivity contribution in [3.8, 4) is 0 Å². The van der Waals surface area contributed by atoms with Crippen molar-refractivity contribution in [2.75, 3.05) is 0 Å². The summed E-state index contributed by atoms with van der Waals surface area (Å²) in [4.78, 5) is 10.3. The van der Waals surface area contributed by atoms with Crippen LogP contribution in [0.4, 0.5) is 8.78 Å². The minimum Gasteiger partial charge on any atom is -0.481 e. The highest BCUT2D eigenvalue weighted by molar-refractivity contribution is 7.85. The summed E-state index contributed by atoms with van der Waals surface area (Å²) in [6, 6.07) is 5.26. The molecule has 1 aromatic rings. The molecule has 0 fully saturated rings. The van der Waals surface area contributed by atoms with Gasteiger partial charge in [0.2, 0.25) is 0 Å². The van der Waals surface area contributed by atoms with Crippen molar-refractivity contribution in [1.29, 1.82) is 0 Å². The van der Waals surface area contributed by atoms with Crippen LogP contribution in [0.15, 0.2) is 29.2 Å². The van der Waals surface area contributed by atoms with Crippen LogP contribution in [0.3, 0.4) is 0 Å². The molecule has 1 atom stereocenters. The molecule has 6 heteroatoms. The lowest BCUT2D eigenvalue weighted by Crippen LogP contribution is -2.03. The summed E-state index contributed by atoms with van der Waals surface area (Å²) in [5.41, 5.74) is 0.484. The number of carboxylic acids is 1. The highest BCUT2D eigenvalue weighted by Gasteiger charge is 2.15. The van der Waals surface area contributed by atoms with Crippen LogP contribution in [-0.2, 0) is 22.0 Å². The van der Waals surface area contributed by atoms with E-state index in [0.29, 0.717) is 5.56 Å². The molecule has 0 heterocycles. The topological polar surface area (TPSA) is 54.4 Å². The second-order valence-corrected chi connectivity index (χ2v) is 4.20. The van der Waals surface area contributed by atoms with Crippen LogP contribution in [0.5, 0.6) is 0 Å². The van der Waals surface area contributed by atoms with E-state index < -0.39 is 22.5 Å². The molecule has 0 radical (unpaired) electrons. The Labute approximate surface area is 87.2 Å². The molecule has 0 saturated heterocycles. The second-order valence-electron chi connectivity index (χ2n) is 2.77. The Kier molecular flexibility index (Phi) is 3.90. The maximum absolute atomic E-state index is 12.0. The number of hydrogen-bond acceptors (Lipinski definition) is 2. The van der Waals surface area contributed by atoms with Gasteiger partial charge in [0.25, 0.3) is 0 Å². The first-order valence-corrected chi connectivity index (χ1v) is 5.21. The summed E-state index contributed by atoms with van der Waals surface area (Å²) < 4.78 is 35.0. The van der Waals surface area contributed by atoms with Crippen LogP contribution < -0.4 is 0 Å². The zero-order chi connectivity index (χ0) is 11.4. The Morgan fingerprint density at radius 1 is 1.33 bits per heavy atom. The van der Waals surface area contributed by atoms with Gasteiger partial charge in [-0.25, -0.2) is 4.21 Å². The van der Waals surface area contributed by atoms with Gasteiger partial charge in [-0.1, -0.05) is 12.1 Å². The monoisotopic (exact) mass is 234 g/mol. The zero-order valence-electron chi connectivity index (χ0n) is 7.52. The quantitative estimate of drug-likeness (QED) is 0.861. The largest absolute Gasteiger partial charge is 0.481 e. The van der Waals surface area contributed by atoms with Crippen molar-refractivity contribution < 1.29 is 22.9 Å². The molecule has 1 aromatic carbocycles. The van der Waals surface area contributed by atoms with Crippen molar-refractivity contribution in [1.82, 2.24) is 0 Å². The van der Waals surface area contributed by atoms with Crippen molar-refractivity contribution in [3.63, 3.8) is 0 Å². The Balaban J connectivity index is 2.81. The van der Waals surface area contributed by atoms with E-state index in [0.717, 1.165) is 0 Å². The van der Waals surface area contributed by atoms with Crippen molar-refractivity contribution in [2.45, 2.75) is 17.1 Å². The lowest BCUT2D eigenvalue weighted by Gasteiger charge is -2.01. The standard InChI is InChI=1S/C9H8F2O3S/c10-9(11)15(14)7-3-1-6(2-4-7)5-8(12)13/h1-4,9H,5H2,(H,12,13). The average molecular weight is 234 g/mol. The van der Waals surface area contributed by atoms with Gasteiger partial charge in [0, 0.05) is 4.90 Å². The zero-order valence-corrected chi connectivity index (χ0v) is 8.34. The molecule has 1 N–H and O–H groups in total. The Hall–Kier alpha value is -1.30. The summed E-state index contributed by atoms with van der Waals surface area (Å²) in [7, 11) is -2.34. The Morgan fingerprint density at radius 3 is 2.27 bits per heavy atom. The number of halogens is 2. The SMILES string of the molecule is O=C(O)Cc1ccc(S(=O)C(F)F)cc1. The number of hydrogen-bond donors (Lipinski definition) is 1. The number of alkyl halides is 2. The molecule has 0 aliphatic rings. The van der Waals surface area contributed by atoms with Crippen LogP contribution in [-0.4, -0.2) is 21.0 Å². The van der Waals surface area contributed by atoms with Crippen molar-refractivity contribution in [3.05, 3.63) is 29.8 Å². The van der Waals surface area contributed by atoms with Crippen LogP contribution in [0.25, 0.3) is 0 Å². The summed E-state index contributed by atoms with van der Waals surface area (Å²) in [5, 5.41) is 8.45. The predicted octanol–water partition coefficient (Wildman–Crippen LogP) is 1.64. The number of rotatable bonds is 4. The van der Waals surface area contributed by atoms with Gasteiger partial charge in [-0.05, 0) is 17.7 Å². The first-order chi connectivity index (χ1) is 7.00. The lowest BCUT2D eigenvalue weighted by atomic mass is 10.2. The Bertz CT molecular complexity index is 375. The fourth-order valence-corrected chi connectivity index (χ4v) is 1.63. The molecule has 0 aliphatic heterocycles. The summed E-state index contributed by atoms with van der Waals surface area (Å²) >= 11 is 0. The van der Waals surface area contributed by atoms with E-state index in [1.807, 2.05) is 0 Å². The maximum Gasteiger partial charge on any atom is 0.316 e. The number of benzene rings is 1. The van der Waals surface area contributed by atoms with E-state index in [1.165, 1.54) is 24.3 Å². The van der Waals surface area contributed by atoms with Crippen molar-refractivity contribution >= 4 is 16.8 Å². The maximum atomic E-state index is 12.0. The third-order valence-electron chi connectivity index (χ3n) is 1.67. The molecule has 0 aromatic heterocycles. The number of aliphatic carboxylic acids is 1. The molecule has 0 aliphatic carbocycles. The van der Waals surface area contributed by atoms with E-state index in [4.69, 9.17) is 5.11 Å². The van der Waals surface area contributed by atoms with Gasteiger partial charge in [0.05, 0.1) is 6.42 Å². The number of carboxylic acid groups (broad SMARTS) is 1. The third-order valence-corrected chi connectivity index (χ3v) is 2.73. The van der Waals surface area contributed by atoms with E-state index >= 15 is 0 Å². The molecule has 3 nitrogen and oxygen atoms in total. The third kappa shape index (κ3) is 3.39. The second kappa shape index (κ2) is 4.97. The minimum atomic E-state index is -2.92. The highest BCUT2D eigenvalue weighted by atomic mass is 32.2. The smallest absolute Gasteiger partial charge is 0.316 e. The van der Waals surface area contributed by atoms with Crippen molar-refractivity contribution in [2.24, 2.45) is 0 Å². The van der Waals surface area contributed by atoms with Gasteiger partial charge in [-0.3, -0.25) is 4.79 Å². The fourth-order valence-electron chi connectivity index (χ4n) is 1.02. The average Bonchev–Trinajstić information content (AvgIpc) is 2.17. The minimum absolute atomic E-state index is 0.000797. The molecule has 1 unspecified atom stereocenters. The van der Waals surface area contributed by atoms with E-state index in [-0.39, 0.29) is 11.3 Å². The first kappa shape index (κ1) is 11.8. The van der Waals surface area contributed by atoms with Crippen LogP contribution >= 0.6 is 0 Å². The normalized spacial score (nSPS) is 12.7.